The van der Waals surface area contributed by atoms with Gasteiger partial charge in [0.05, 0.1) is 34.5 Å². The minimum absolute atomic E-state index is 0.0106. The number of anilines is 1. The Kier molecular flexibility index (Phi) is 9.10. The second-order valence-electron chi connectivity index (χ2n) is 14.2. The highest BCUT2D eigenvalue weighted by molar-refractivity contribution is 6.06. The summed E-state index contributed by atoms with van der Waals surface area (Å²) in [6.45, 7) is 2.13. The van der Waals surface area contributed by atoms with Crippen LogP contribution in [0, 0.1) is 0 Å². The third-order valence-corrected chi connectivity index (χ3v) is 10.7. The lowest BCUT2D eigenvalue weighted by atomic mass is 10.0. The molecular weight excluding hydrogens is 674 g/mol. The van der Waals surface area contributed by atoms with Crippen molar-refractivity contribution in [2.24, 2.45) is 7.05 Å². The van der Waals surface area contributed by atoms with E-state index in [1.165, 1.54) is 10.6 Å². The zero-order valence-electron chi connectivity index (χ0n) is 29.5. The third-order valence-electron chi connectivity index (χ3n) is 10.7. The minimum Gasteiger partial charge on any atom is -0.507 e. The Hall–Kier alpha value is -6.05. The summed E-state index contributed by atoms with van der Waals surface area (Å²) >= 11 is 0. The van der Waals surface area contributed by atoms with E-state index < -0.39 is 11.9 Å². The normalized spacial score (nSPS) is 19.9. The number of ketones is 1. The van der Waals surface area contributed by atoms with Crippen molar-refractivity contribution in [1.29, 1.82) is 0 Å². The first kappa shape index (κ1) is 34.1. The van der Waals surface area contributed by atoms with E-state index in [2.05, 4.69) is 25.4 Å². The average molecular weight is 716 g/mol. The predicted molar refractivity (Wildman–Crippen MR) is 196 cm³/mol. The molecule has 14 heteroatoms. The molecule has 0 spiro atoms. The van der Waals surface area contributed by atoms with E-state index in [0.29, 0.717) is 30.1 Å². The Balaban J connectivity index is 0.843. The van der Waals surface area contributed by atoms with Crippen molar-refractivity contribution in [3.8, 4) is 5.75 Å². The molecule has 5 aromatic rings. The Morgan fingerprint density at radius 3 is 2.60 bits per heavy atom. The number of amides is 2. The van der Waals surface area contributed by atoms with Crippen LogP contribution in [0.5, 0.6) is 5.75 Å². The van der Waals surface area contributed by atoms with E-state index in [1.54, 1.807) is 35.9 Å². The Labute approximate surface area is 305 Å². The second kappa shape index (κ2) is 14.2. The number of fused-ring (bicyclic) bond motifs is 3. The highest BCUT2D eigenvalue weighted by Gasteiger charge is 2.42. The molecule has 3 aliphatic rings. The molecule has 0 aliphatic carbocycles. The summed E-state index contributed by atoms with van der Waals surface area (Å²) in [5.74, 6) is -0.0294. The quantitative estimate of drug-likeness (QED) is 0.0850. The number of imidazole rings is 1. The Morgan fingerprint density at radius 2 is 1.79 bits per heavy atom. The zero-order valence-corrected chi connectivity index (χ0v) is 29.5. The van der Waals surface area contributed by atoms with Crippen molar-refractivity contribution in [2.45, 2.75) is 69.6 Å². The second-order valence-corrected chi connectivity index (χ2v) is 14.2. The number of hydrogen-bond donors (Lipinski definition) is 2. The molecule has 2 bridgehead atoms. The monoisotopic (exact) mass is 715 g/mol. The van der Waals surface area contributed by atoms with E-state index in [1.807, 2.05) is 53.5 Å². The van der Waals surface area contributed by atoms with Crippen LogP contribution in [0.4, 0.5) is 5.82 Å². The number of nitrogens with zero attached hydrogens (tertiary/aromatic N) is 8. The summed E-state index contributed by atoms with van der Waals surface area (Å²) in [4.78, 5) is 59.7. The van der Waals surface area contributed by atoms with Gasteiger partial charge in [0.1, 0.15) is 17.6 Å². The number of rotatable bonds is 12. The van der Waals surface area contributed by atoms with E-state index in [9.17, 15) is 24.3 Å². The van der Waals surface area contributed by atoms with Crippen molar-refractivity contribution < 1.29 is 19.5 Å². The fraction of sp³-hybridized carbons (Fsp3) is 0.359. The van der Waals surface area contributed by atoms with Gasteiger partial charge in [-0.1, -0.05) is 35.5 Å². The fourth-order valence-corrected chi connectivity index (χ4v) is 8.08. The summed E-state index contributed by atoms with van der Waals surface area (Å²) in [7, 11) is 1.73. The number of piperazine rings is 1. The lowest BCUT2D eigenvalue weighted by molar-refractivity contribution is -0.135. The largest absolute Gasteiger partial charge is 0.507 e. The summed E-state index contributed by atoms with van der Waals surface area (Å²) in [6, 6.07) is 18.3. The Bertz CT molecular complexity index is 2310. The molecular formula is C39H41N9O5. The molecule has 1 unspecified atom stereocenters. The molecule has 3 saturated heterocycles. The number of nitrogens with one attached hydrogen (secondary N) is 1. The number of pyridine rings is 1. The van der Waals surface area contributed by atoms with Gasteiger partial charge in [0.15, 0.2) is 5.78 Å². The summed E-state index contributed by atoms with van der Waals surface area (Å²) in [5, 5.41) is 21.1. The number of likely N-dealkylation sites (tertiary alicyclic amines) is 1. The maximum absolute atomic E-state index is 13.2. The molecule has 53 heavy (non-hydrogen) atoms. The molecule has 2 N–H and O–H groups in total. The number of unbranched alkanes of at least 4 members (excludes halogenated alkanes) is 1. The smallest absolute Gasteiger partial charge is 0.329 e. The van der Waals surface area contributed by atoms with Gasteiger partial charge in [-0.25, -0.2) is 14.5 Å². The van der Waals surface area contributed by atoms with Crippen molar-refractivity contribution >= 4 is 34.4 Å². The van der Waals surface area contributed by atoms with Crippen LogP contribution in [0.3, 0.4) is 0 Å². The molecule has 272 valence electrons. The molecule has 0 radical (unpaired) electrons. The van der Waals surface area contributed by atoms with Gasteiger partial charge in [0, 0.05) is 57.1 Å². The third kappa shape index (κ3) is 6.72. The van der Waals surface area contributed by atoms with Gasteiger partial charge in [0.25, 0.3) is 0 Å². The maximum atomic E-state index is 13.2. The number of hydrogen-bond acceptors (Lipinski definition) is 10. The number of aromatic hydroxyl groups is 1. The molecule has 3 aromatic heterocycles. The van der Waals surface area contributed by atoms with Gasteiger partial charge in [-0.2, -0.15) is 0 Å². The SMILES string of the molecule is Cn1c(=O)n(C2CCC(=O)NC2=O)c2cccc(CCCCc3cn(Cc4cccc(N5C[C@H]6C[C@@H]5CN6/C=C/C(=O)c5ccccc5O)n4)nn3)c21. The topological polar surface area (TPSA) is 160 Å². The predicted octanol–water partition coefficient (Wildman–Crippen LogP) is 3.28. The van der Waals surface area contributed by atoms with Crippen molar-refractivity contribution in [3.05, 3.63) is 112 Å². The molecule has 2 amide bonds. The molecule has 0 saturated carbocycles. The van der Waals surface area contributed by atoms with Crippen LogP contribution >= 0.6 is 0 Å². The van der Waals surface area contributed by atoms with Gasteiger partial charge >= 0.3 is 5.69 Å². The number of para-hydroxylation sites is 2. The number of piperidine rings is 1. The number of carbonyl (C=O) groups excluding carboxylic acids is 3. The van der Waals surface area contributed by atoms with Gasteiger partial charge in [-0.15, -0.1) is 5.10 Å². The Morgan fingerprint density at radius 1 is 0.962 bits per heavy atom. The highest BCUT2D eigenvalue weighted by atomic mass is 16.3. The molecule has 3 atom stereocenters. The van der Waals surface area contributed by atoms with Gasteiger partial charge in [-0.05, 0) is 74.4 Å². The van der Waals surface area contributed by atoms with Gasteiger partial charge in [0.2, 0.25) is 11.8 Å². The zero-order chi connectivity index (χ0) is 36.6. The number of carbonyl (C=O) groups is 3. The molecule has 3 fully saturated rings. The van der Waals surface area contributed by atoms with Gasteiger partial charge < -0.3 is 14.9 Å². The van der Waals surface area contributed by atoms with E-state index in [-0.39, 0.29) is 35.6 Å². The van der Waals surface area contributed by atoms with Crippen LogP contribution in [0.15, 0.2) is 83.9 Å². The highest BCUT2D eigenvalue weighted by Crippen LogP contribution is 2.34. The fourth-order valence-electron chi connectivity index (χ4n) is 8.08. The number of benzene rings is 2. The first-order valence-electron chi connectivity index (χ1n) is 18.1. The van der Waals surface area contributed by atoms with E-state index in [4.69, 9.17) is 4.98 Å². The number of allylic oxidation sites excluding steroid dienone is 1. The van der Waals surface area contributed by atoms with Gasteiger partial charge in [-0.3, -0.25) is 28.8 Å². The number of aryl methyl sites for hydroxylation is 3. The molecule has 6 heterocycles. The lowest BCUT2D eigenvalue weighted by Crippen LogP contribution is -2.44. The molecule has 3 aliphatic heterocycles. The number of phenolic OH excluding ortho intramolecular Hbond substituents is 1. The standard InChI is InChI=1S/C39H41N9O5/c1-44-37-25(9-6-13-31(37)48(39(44)53)32-16-17-36(51)41-38(32)52)8-2-3-10-27-22-46(43-42-27)21-26-11-7-15-35(40-26)47-24-28-20-29(47)23-45(28)19-18-34(50)30-12-4-5-14-33(30)49/h4-7,9,11-15,18-19,22,28-29,32,49H,2-3,8,10,16-17,20-21,23-24H2,1H3,(H,41,51,52)/b19-18+/t28-,29-,32?/m1/s1. The van der Waals surface area contributed by atoms with Crippen LogP contribution in [0.2, 0.25) is 0 Å². The molecule has 2 aromatic carbocycles. The van der Waals surface area contributed by atoms with Crippen LogP contribution in [0.1, 0.15) is 65.5 Å². The first-order valence-corrected chi connectivity index (χ1v) is 18.1. The van der Waals surface area contributed by atoms with E-state index >= 15 is 0 Å². The first-order chi connectivity index (χ1) is 25.7. The number of imide groups is 1. The van der Waals surface area contributed by atoms with Crippen molar-refractivity contribution in [2.75, 3.05) is 18.0 Å². The van der Waals surface area contributed by atoms with E-state index in [0.717, 1.165) is 73.5 Å². The number of phenols is 1. The summed E-state index contributed by atoms with van der Waals surface area (Å²) in [5.41, 5.74) is 4.40. The molecule has 14 nitrogen and oxygen atoms in total. The van der Waals surface area contributed by atoms with Crippen molar-refractivity contribution in [3.63, 3.8) is 0 Å². The number of aromatic nitrogens is 6. The lowest BCUT2D eigenvalue weighted by Gasteiger charge is -2.34. The minimum atomic E-state index is -0.703. The van der Waals surface area contributed by atoms with Crippen molar-refractivity contribution in [1.82, 2.24) is 39.3 Å². The van der Waals surface area contributed by atoms with Crippen LogP contribution in [0.25, 0.3) is 11.0 Å². The van der Waals surface area contributed by atoms with Crippen LogP contribution < -0.4 is 15.9 Å². The maximum Gasteiger partial charge on any atom is 0.329 e. The summed E-state index contributed by atoms with van der Waals surface area (Å²) in [6.07, 6.45) is 10.2. The average Bonchev–Trinajstić information content (AvgIpc) is 3.94. The van der Waals surface area contributed by atoms with Crippen LogP contribution in [-0.2, 0) is 36.0 Å². The van der Waals surface area contributed by atoms with Crippen LogP contribution in [-0.4, -0.2) is 81.9 Å². The molecule has 8 rings (SSSR count). The summed E-state index contributed by atoms with van der Waals surface area (Å²) < 4.78 is 4.95.